The molecule has 2 unspecified atom stereocenters. The molecule has 2 nitrogen and oxygen atoms in total. The lowest BCUT2D eigenvalue weighted by Gasteiger charge is -2.33. The zero-order chi connectivity index (χ0) is 24.2. The number of hydrogen-bond donors (Lipinski definition) is 0. The molecular weight excluding hydrogens is 480 g/mol. The van der Waals surface area contributed by atoms with Crippen LogP contribution in [0.5, 0.6) is 0 Å². The van der Waals surface area contributed by atoms with Crippen molar-refractivity contribution in [1.82, 2.24) is 0 Å². The standard InChI is InChI=1S/C32H22O2S2/c1-5-13-23(14-6-1)27-21-29(35-33-31(27)25-17-9-3-10-18-25)30-22-28(24-15-7-2-8-16-24)32(34-36-30)26-19-11-4-12-20-26/h1-20,29-30H. The molecule has 0 N–H and O–H groups in total. The van der Waals surface area contributed by atoms with E-state index in [0.717, 1.165) is 44.9 Å². The molecule has 0 aromatic heterocycles. The molecule has 4 radical (unpaired) electrons. The van der Waals surface area contributed by atoms with Gasteiger partial charge in [0.05, 0.1) is 34.6 Å². The molecule has 4 aromatic rings. The molecule has 0 saturated heterocycles. The van der Waals surface area contributed by atoms with E-state index in [1.807, 2.05) is 72.8 Å². The molecule has 2 atom stereocenters. The van der Waals surface area contributed by atoms with Crippen LogP contribution in [0.1, 0.15) is 22.3 Å². The normalized spacial score (nSPS) is 20.0. The number of rotatable bonds is 5. The highest BCUT2D eigenvalue weighted by atomic mass is 32.2. The number of benzene rings is 4. The highest BCUT2D eigenvalue weighted by molar-refractivity contribution is 7.99. The first kappa shape index (κ1) is 23.1. The van der Waals surface area contributed by atoms with E-state index in [-0.39, 0.29) is 10.5 Å². The van der Waals surface area contributed by atoms with Crippen LogP contribution >= 0.6 is 24.1 Å². The van der Waals surface area contributed by atoms with E-state index in [1.165, 1.54) is 24.1 Å². The smallest absolute Gasteiger partial charge is 0.149 e. The van der Waals surface area contributed by atoms with Gasteiger partial charge in [-0.25, -0.2) is 0 Å². The summed E-state index contributed by atoms with van der Waals surface area (Å²) in [5.41, 5.74) is 6.15. The Kier molecular flexibility index (Phi) is 6.88. The van der Waals surface area contributed by atoms with Crippen molar-refractivity contribution >= 4 is 46.8 Å². The Morgan fingerprint density at radius 1 is 0.417 bits per heavy atom. The van der Waals surface area contributed by atoms with Crippen LogP contribution in [0.25, 0.3) is 22.7 Å². The molecular formula is C32H22O2S2. The molecule has 4 heteroatoms. The van der Waals surface area contributed by atoms with E-state index in [4.69, 9.17) is 8.37 Å². The van der Waals surface area contributed by atoms with Gasteiger partial charge < -0.3 is 8.37 Å². The van der Waals surface area contributed by atoms with E-state index in [1.54, 1.807) is 0 Å². The van der Waals surface area contributed by atoms with E-state index < -0.39 is 0 Å². The van der Waals surface area contributed by atoms with Gasteiger partial charge in [0, 0.05) is 35.1 Å². The molecule has 2 aliphatic heterocycles. The van der Waals surface area contributed by atoms with Gasteiger partial charge in [0.15, 0.2) is 0 Å². The van der Waals surface area contributed by atoms with Crippen LogP contribution in [0, 0.1) is 12.8 Å². The van der Waals surface area contributed by atoms with Crippen LogP contribution in [0.15, 0.2) is 121 Å². The van der Waals surface area contributed by atoms with Crippen molar-refractivity contribution in [1.29, 1.82) is 0 Å². The zero-order valence-electron chi connectivity index (χ0n) is 19.3. The Bertz CT molecular complexity index is 1260. The molecule has 0 saturated carbocycles. The summed E-state index contributed by atoms with van der Waals surface area (Å²) in [6.07, 6.45) is 7.49. The van der Waals surface area contributed by atoms with Gasteiger partial charge in [-0.1, -0.05) is 121 Å². The summed E-state index contributed by atoms with van der Waals surface area (Å²) in [4.78, 5) is 0. The monoisotopic (exact) mass is 502 g/mol. The number of hydrogen-bond acceptors (Lipinski definition) is 4. The minimum Gasteiger partial charge on any atom is -0.424 e. The lowest BCUT2D eigenvalue weighted by Crippen LogP contribution is -2.28. The first-order valence-corrected chi connectivity index (χ1v) is 13.4. The van der Waals surface area contributed by atoms with Crippen LogP contribution in [-0.4, -0.2) is 10.5 Å². The van der Waals surface area contributed by atoms with E-state index in [9.17, 15) is 0 Å². The van der Waals surface area contributed by atoms with Crippen molar-refractivity contribution in [2.45, 2.75) is 10.5 Å². The van der Waals surface area contributed by atoms with Crippen LogP contribution < -0.4 is 0 Å². The van der Waals surface area contributed by atoms with Crippen LogP contribution in [-0.2, 0) is 8.37 Å². The van der Waals surface area contributed by atoms with Crippen LogP contribution in [0.3, 0.4) is 0 Å². The zero-order valence-corrected chi connectivity index (χ0v) is 21.0. The Morgan fingerprint density at radius 2 is 0.722 bits per heavy atom. The van der Waals surface area contributed by atoms with Gasteiger partial charge in [-0.2, -0.15) is 0 Å². The second-order valence-corrected chi connectivity index (χ2v) is 10.1. The summed E-state index contributed by atoms with van der Waals surface area (Å²) in [5.74, 6) is 1.65. The van der Waals surface area contributed by atoms with Gasteiger partial charge >= 0.3 is 0 Å². The topological polar surface area (TPSA) is 18.5 Å². The summed E-state index contributed by atoms with van der Waals surface area (Å²) in [5, 5.41) is -0.206. The van der Waals surface area contributed by atoms with E-state index in [2.05, 4.69) is 61.4 Å². The third-order valence-corrected chi connectivity index (χ3v) is 7.86. The molecule has 2 aliphatic rings. The quantitative estimate of drug-likeness (QED) is 0.255. The highest BCUT2D eigenvalue weighted by Crippen LogP contribution is 2.49. The molecule has 0 bridgehead atoms. The summed E-state index contributed by atoms with van der Waals surface area (Å²) >= 11 is 2.82. The minimum absolute atomic E-state index is 0.103. The fourth-order valence-corrected chi connectivity index (χ4v) is 5.90. The molecule has 2 heterocycles. The molecule has 36 heavy (non-hydrogen) atoms. The fraction of sp³-hybridized carbons (Fsp3) is 0.0625. The highest BCUT2D eigenvalue weighted by Gasteiger charge is 2.38. The molecule has 0 fully saturated rings. The Balaban J connectivity index is 1.34. The van der Waals surface area contributed by atoms with Crippen molar-refractivity contribution < 1.29 is 8.37 Å². The van der Waals surface area contributed by atoms with E-state index in [0.29, 0.717) is 0 Å². The van der Waals surface area contributed by atoms with Crippen molar-refractivity contribution in [3.8, 4) is 0 Å². The summed E-state index contributed by atoms with van der Waals surface area (Å²) in [6.45, 7) is 0. The van der Waals surface area contributed by atoms with Crippen molar-refractivity contribution in [3.05, 3.63) is 156 Å². The maximum absolute atomic E-state index is 6.36. The Morgan fingerprint density at radius 3 is 1.06 bits per heavy atom. The Hall–Kier alpha value is -3.34. The molecule has 0 amide bonds. The molecule has 0 spiro atoms. The Labute approximate surface area is 221 Å². The predicted octanol–water partition coefficient (Wildman–Crippen LogP) is 8.38. The van der Waals surface area contributed by atoms with Gasteiger partial charge in [-0.3, -0.25) is 0 Å². The summed E-state index contributed by atoms with van der Waals surface area (Å²) in [6, 6.07) is 41.0. The lowest BCUT2D eigenvalue weighted by molar-refractivity contribution is 0.575. The van der Waals surface area contributed by atoms with Gasteiger partial charge in [-0.15, -0.1) is 0 Å². The average Bonchev–Trinajstić information content (AvgIpc) is 2.98. The summed E-state index contributed by atoms with van der Waals surface area (Å²) in [7, 11) is 0. The van der Waals surface area contributed by atoms with Gasteiger partial charge in [0.1, 0.15) is 11.5 Å². The third kappa shape index (κ3) is 4.84. The van der Waals surface area contributed by atoms with Crippen molar-refractivity contribution in [2.24, 2.45) is 0 Å². The average molecular weight is 503 g/mol. The number of allylic oxidation sites excluding steroid dienone is 2. The van der Waals surface area contributed by atoms with E-state index >= 15 is 0 Å². The van der Waals surface area contributed by atoms with Gasteiger partial charge in [0.2, 0.25) is 0 Å². The molecule has 174 valence electrons. The second-order valence-electron chi connectivity index (χ2n) is 8.36. The SMILES string of the molecule is [C]1C(c2ccccc2)=C(c2ccccc2)OSC1C1[C]C(c2ccccc2)=C(c2ccccc2)OS1. The lowest BCUT2D eigenvalue weighted by atomic mass is 9.92. The van der Waals surface area contributed by atoms with Crippen LogP contribution in [0.4, 0.5) is 0 Å². The van der Waals surface area contributed by atoms with Crippen LogP contribution in [0.2, 0.25) is 0 Å². The molecule has 0 aliphatic carbocycles. The summed E-state index contributed by atoms with van der Waals surface area (Å²) < 4.78 is 12.7. The third-order valence-electron chi connectivity index (χ3n) is 5.97. The molecule has 6 rings (SSSR count). The largest absolute Gasteiger partial charge is 0.424 e. The fourth-order valence-electron chi connectivity index (χ4n) is 4.20. The van der Waals surface area contributed by atoms with Crippen molar-refractivity contribution in [2.75, 3.05) is 0 Å². The maximum Gasteiger partial charge on any atom is 0.149 e. The predicted molar refractivity (Wildman–Crippen MR) is 151 cm³/mol. The van der Waals surface area contributed by atoms with Gasteiger partial charge in [-0.05, 0) is 11.1 Å². The molecule has 4 aromatic carbocycles. The van der Waals surface area contributed by atoms with Gasteiger partial charge in [0.25, 0.3) is 0 Å². The second kappa shape index (κ2) is 10.7. The maximum atomic E-state index is 6.36. The first-order valence-electron chi connectivity index (χ1n) is 11.8. The minimum atomic E-state index is -0.103. The van der Waals surface area contributed by atoms with Crippen molar-refractivity contribution in [3.63, 3.8) is 0 Å². The first-order chi connectivity index (χ1) is 17.9.